The first-order chi connectivity index (χ1) is 18.9. The third-order valence-electron chi connectivity index (χ3n) is 6.41. The van der Waals surface area contributed by atoms with E-state index in [1.165, 1.54) is 29.8 Å². The molecule has 1 atom stereocenters. The Morgan fingerprint density at radius 3 is 2.54 bits per heavy atom. The zero-order valence-electron chi connectivity index (χ0n) is 20.9. The van der Waals surface area contributed by atoms with Gasteiger partial charge in [0.05, 0.1) is 28.6 Å². The fourth-order valence-corrected chi connectivity index (χ4v) is 6.57. The van der Waals surface area contributed by atoms with Crippen molar-refractivity contribution in [3.05, 3.63) is 125 Å². The first-order valence-corrected chi connectivity index (χ1v) is 14.1. The van der Waals surface area contributed by atoms with Gasteiger partial charge in [0.1, 0.15) is 11.7 Å². The van der Waals surface area contributed by atoms with E-state index in [2.05, 4.69) is 4.99 Å². The highest BCUT2D eigenvalue weighted by Gasteiger charge is 2.33. The van der Waals surface area contributed by atoms with Crippen LogP contribution in [0.1, 0.15) is 23.4 Å². The van der Waals surface area contributed by atoms with Crippen LogP contribution in [-0.4, -0.2) is 27.4 Å². The van der Waals surface area contributed by atoms with Gasteiger partial charge in [-0.15, -0.1) is 11.3 Å². The first-order valence-electron chi connectivity index (χ1n) is 12.0. The summed E-state index contributed by atoms with van der Waals surface area (Å²) < 4.78 is 8.94. The number of esters is 1. The number of aromatic nitrogens is 3. The number of para-hydroxylation sites is 1. The van der Waals surface area contributed by atoms with Crippen molar-refractivity contribution in [2.45, 2.75) is 13.0 Å². The third kappa shape index (κ3) is 4.58. The van der Waals surface area contributed by atoms with E-state index in [-0.39, 0.29) is 5.56 Å². The van der Waals surface area contributed by atoms with Crippen LogP contribution in [0.25, 0.3) is 23.0 Å². The maximum absolute atomic E-state index is 13.9. The number of carbonyl (C=O) groups excluding carboxylic acids is 1. The molecule has 0 amide bonds. The molecule has 0 N–H and O–H groups in total. The molecule has 5 aromatic rings. The van der Waals surface area contributed by atoms with Crippen LogP contribution in [0.15, 0.2) is 99.4 Å². The second-order valence-electron chi connectivity index (χ2n) is 8.81. The SMILES string of the molecule is COC(=O)C1=C(C)N=c2s/c(=C\c3cn(-c4ccccc4)nc3-c3ccc(Cl)cc3)c(=O)n2[C@@H]1c1cccs1. The van der Waals surface area contributed by atoms with Crippen LogP contribution in [-0.2, 0) is 9.53 Å². The lowest BCUT2D eigenvalue weighted by molar-refractivity contribution is -0.136. The number of methoxy groups -OCH3 is 1. The van der Waals surface area contributed by atoms with Gasteiger partial charge in [-0.05, 0) is 48.7 Å². The Hall–Kier alpha value is -4.05. The summed E-state index contributed by atoms with van der Waals surface area (Å²) in [6.07, 6.45) is 3.74. The van der Waals surface area contributed by atoms with Crippen molar-refractivity contribution in [2.75, 3.05) is 7.11 Å². The van der Waals surface area contributed by atoms with Crippen LogP contribution in [0.2, 0.25) is 5.02 Å². The lowest BCUT2D eigenvalue weighted by Crippen LogP contribution is -2.39. The summed E-state index contributed by atoms with van der Waals surface area (Å²) in [6.45, 7) is 1.77. The average molecular weight is 573 g/mol. The molecule has 10 heteroatoms. The van der Waals surface area contributed by atoms with E-state index in [0.717, 1.165) is 21.7 Å². The van der Waals surface area contributed by atoms with Crippen molar-refractivity contribution in [3.8, 4) is 16.9 Å². The summed E-state index contributed by atoms with van der Waals surface area (Å²) in [5, 5.41) is 7.40. The standard InChI is InChI=1S/C29H21ClN4O3S2/c1-17-24(28(36)37-2)26(22-9-6-14-38-22)34-27(35)23(39-29(34)31-17)15-19-16-33(21-7-4-3-5-8-21)32-25(19)18-10-12-20(30)13-11-18/h3-16,26H,1-2H3/b23-15-/t26-/m1/s1. The summed E-state index contributed by atoms with van der Waals surface area (Å²) in [5.74, 6) is -0.502. The molecule has 3 aromatic heterocycles. The predicted molar refractivity (Wildman–Crippen MR) is 154 cm³/mol. The smallest absolute Gasteiger partial charge is 0.338 e. The molecule has 0 bridgehead atoms. The van der Waals surface area contributed by atoms with Gasteiger partial charge in [0.25, 0.3) is 5.56 Å². The highest BCUT2D eigenvalue weighted by atomic mass is 35.5. The Balaban J connectivity index is 1.56. The summed E-state index contributed by atoms with van der Waals surface area (Å²) >= 11 is 8.90. The molecular formula is C29H21ClN4O3S2. The highest BCUT2D eigenvalue weighted by Crippen LogP contribution is 2.33. The van der Waals surface area contributed by atoms with Gasteiger partial charge < -0.3 is 4.74 Å². The number of hydrogen-bond donors (Lipinski definition) is 0. The maximum atomic E-state index is 13.9. The Labute approximate surface area is 236 Å². The minimum Gasteiger partial charge on any atom is -0.466 e. The zero-order chi connectivity index (χ0) is 27.1. The minimum atomic E-state index is -0.612. The summed E-state index contributed by atoms with van der Waals surface area (Å²) in [5.41, 5.74) is 3.90. The quantitative estimate of drug-likeness (QED) is 0.278. The average Bonchev–Trinajstić information content (AvgIpc) is 3.69. The molecule has 1 aliphatic heterocycles. The van der Waals surface area contributed by atoms with E-state index < -0.39 is 12.0 Å². The fraction of sp³-hybridized carbons (Fsp3) is 0.103. The van der Waals surface area contributed by atoms with E-state index in [4.69, 9.17) is 21.4 Å². The zero-order valence-corrected chi connectivity index (χ0v) is 23.3. The van der Waals surface area contributed by atoms with Crippen molar-refractivity contribution in [2.24, 2.45) is 4.99 Å². The van der Waals surface area contributed by atoms with Gasteiger partial charge in [0.2, 0.25) is 0 Å². The molecule has 0 unspecified atom stereocenters. The first kappa shape index (κ1) is 25.2. The monoisotopic (exact) mass is 572 g/mol. The van der Waals surface area contributed by atoms with Gasteiger partial charge in [0, 0.05) is 27.2 Å². The molecule has 6 rings (SSSR count). The van der Waals surface area contributed by atoms with E-state index in [1.807, 2.05) is 84.4 Å². The number of allylic oxidation sites excluding steroid dienone is 1. The number of thiophene rings is 1. The minimum absolute atomic E-state index is 0.236. The third-order valence-corrected chi connectivity index (χ3v) is 8.57. The molecule has 0 aliphatic carbocycles. The number of carbonyl (C=O) groups is 1. The normalized spacial score (nSPS) is 15.3. The van der Waals surface area contributed by atoms with Crippen molar-refractivity contribution in [1.29, 1.82) is 0 Å². The molecular weight excluding hydrogens is 552 g/mol. The van der Waals surface area contributed by atoms with Crippen LogP contribution >= 0.6 is 34.3 Å². The molecule has 39 heavy (non-hydrogen) atoms. The van der Waals surface area contributed by atoms with Crippen LogP contribution < -0.4 is 14.9 Å². The van der Waals surface area contributed by atoms with E-state index in [9.17, 15) is 9.59 Å². The lowest BCUT2D eigenvalue weighted by atomic mass is 10.0. The van der Waals surface area contributed by atoms with Gasteiger partial charge in [0.15, 0.2) is 4.80 Å². The number of hydrogen-bond acceptors (Lipinski definition) is 7. The molecule has 194 valence electrons. The Morgan fingerprint density at radius 2 is 1.85 bits per heavy atom. The lowest BCUT2D eigenvalue weighted by Gasteiger charge is -2.22. The van der Waals surface area contributed by atoms with Crippen molar-refractivity contribution in [1.82, 2.24) is 14.3 Å². The van der Waals surface area contributed by atoms with E-state index in [0.29, 0.717) is 31.3 Å². The molecule has 2 aromatic carbocycles. The molecule has 0 fully saturated rings. The van der Waals surface area contributed by atoms with Crippen molar-refractivity contribution < 1.29 is 9.53 Å². The molecule has 0 radical (unpaired) electrons. The Morgan fingerprint density at radius 1 is 1.08 bits per heavy atom. The Bertz CT molecular complexity index is 1900. The van der Waals surface area contributed by atoms with Crippen molar-refractivity contribution >= 4 is 46.3 Å². The maximum Gasteiger partial charge on any atom is 0.338 e. The number of rotatable bonds is 5. The summed E-state index contributed by atoms with van der Waals surface area (Å²) in [4.78, 5) is 32.7. The van der Waals surface area contributed by atoms with Gasteiger partial charge in [-0.3, -0.25) is 9.36 Å². The van der Waals surface area contributed by atoms with E-state index >= 15 is 0 Å². The second-order valence-corrected chi connectivity index (χ2v) is 11.2. The number of halogens is 1. The highest BCUT2D eigenvalue weighted by molar-refractivity contribution is 7.10. The number of benzene rings is 2. The number of fused-ring (bicyclic) bond motifs is 1. The predicted octanol–water partition coefficient (Wildman–Crippen LogP) is 4.98. The van der Waals surface area contributed by atoms with Crippen LogP contribution in [0.5, 0.6) is 0 Å². The Kier molecular flexibility index (Phi) is 6.64. The number of nitrogens with zero attached hydrogens (tertiary/aromatic N) is 4. The molecule has 0 saturated carbocycles. The molecule has 1 aliphatic rings. The molecule has 7 nitrogen and oxygen atoms in total. The number of thiazole rings is 1. The summed E-state index contributed by atoms with van der Waals surface area (Å²) in [7, 11) is 1.34. The topological polar surface area (TPSA) is 78.5 Å². The van der Waals surface area contributed by atoms with Gasteiger partial charge in [-0.1, -0.05) is 59.3 Å². The van der Waals surface area contributed by atoms with E-state index in [1.54, 1.807) is 16.2 Å². The second kappa shape index (κ2) is 10.3. The van der Waals surface area contributed by atoms with Gasteiger partial charge in [-0.25, -0.2) is 14.5 Å². The molecule has 0 saturated heterocycles. The fourth-order valence-electron chi connectivity index (χ4n) is 4.59. The van der Waals surface area contributed by atoms with Gasteiger partial charge in [-0.2, -0.15) is 5.10 Å². The van der Waals surface area contributed by atoms with Crippen molar-refractivity contribution in [3.63, 3.8) is 0 Å². The van der Waals surface area contributed by atoms with Crippen LogP contribution in [0.4, 0.5) is 0 Å². The molecule has 4 heterocycles. The largest absolute Gasteiger partial charge is 0.466 e. The summed E-state index contributed by atoms with van der Waals surface area (Å²) in [6, 6.07) is 20.4. The van der Waals surface area contributed by atoms with Gasteiger partial charge >= 0.3 is 5.97 Å². The van der Waals surface area contributed by atoms with Crippen LogP contribution in [0, 0.1) is 0 Å². The molecule has 0 spiro atoms. The number of ether oxygens (including phenoxy) is 1. The van der Waals surface area contributed by atoms with Crippen LogP contribution in [0.3, 0.4) is 0 Å².